The maximum atomic E-state index is 15.1. The third-order valence-electron chi connectivity index (χ3n) is 10.7. The molecule has 7 amide bonds. The lowest BCUT2D eigenvalue weighted by atomic mass is 9.83. The molecule has 0 saturated carbocycles. The summed E-state index contributed by atoms with van der Waals surface area (Å²) in [6.07, 6.45) is 1.24. The third-order valence-corrected chi connectivity index (χ3v) is 11.1. The van der Waals surface area contributed by atoms with E-state index in [1.165, 1.54) is 4.90 Å². The van der Waals surface area contributed by atoms with Crippen molar-refractivity contribution in [3.05, 3.63) is 83.7 Å². The first-order valence-electron chi connectivity index (χ1n) is 24.2. The van der Waals surface area contributed by atoms with Gasteiger partial charge >= 0.3 is 5.97 Å². The molecule has 0 spiro atoms. The van der Waals surface area contributed by atoms with Crippen LogP contribution in [-0.2, 0) is 44.9 Å². The number of thiol groups is 1. The van der Waals surface area contributed by atoms with E-state index in [2.05, 4.69) is 28.6 Å². The van der Waals surface area contributed by atoms with Gasteiger partial charge in [-0.3, -0.25) is 43.3 Å². The van der Waals surface area contributed by atoms with Gasteiger partial charge in [-0.1, -0.05) is 99.1 Å². The van der Waals surface area contributed by atoms with Crippen LogP contribution in [0.25, 0.3) is 11.1 Å². The summed E-state index contributed by atoms with van der Waals surface area (Å²) in [5, 5.41) is 26.2. The number of hydrogen-bond acceptors (Lipinski definition) is 10. The SMILES string of the molecule is CC.CC.CC.CC(C)(C)C(c1cc(-c2cc(F)ccc2F)cn1Cc1ccccc1)N(CCCNC(=O)[C@H](CC(N)=O)NC(=O)C(CC(=O)O)NC(=O)CCCCCN1C(=O)CC(S)C1=O)C(=O)CO. The molecule has 1 aliphatic heterocycles. The molecule has 1 aromatic heterocycles. The van der Waals surface area contributed by atoms with E-state index in [1.807, 2.05) is 97.2 Å². The van der Waals surface area contributed by atoms with E-state index in [9.17, 15) is 53.0 Å². The van der Waals surface area contributed by atoms with Crippen molar-refractivity contribution in [3.63, 3.8) is 0 Å². The number of unbranched alkanes of at least 4 members (excludes halogenated alkanes) is 2. The number of carboxylic acid groups (broad SMARTS) is 1. The second kappa shape index (κ2) is 31.9. The molecule has 0 bridgehead atoms. The van der Waals surface area contributed by atoms with Crippen LogP contribution in [0.3, 0.4) is 0 Å². The van der Waals surface area contributed by atoms with Crippen LogP contribution in [0, 0.1) is 17.0 Å². The van der Waals surface area contributed by atoms with Gasteiger partial charge in [0.15, 0.2) is 0 Å². The topological polar surface area (TPSA) is 251 Å². The fraction of sp³-hybridized carbons (Fsp3) is 0.529. The summed E-state index contributed by atoms with van der Waals surface area (Å²) >= 11 is 4.08. The maximum absolute atomic E-state index is 15.1. The molecular formula is C51H75F2N7O10S. The van der Waals surface area contributed by atoms with Gasteiger partial charge in [0.25, 0.3) is 0 Å². The van der Waals surface area contributed by atoms with Crippen LogP contribution in [0.4, 0.5) is 8.78 Å². The summed E-state index contributed by atoms with van der Waals surface area (Å²) < 4.78 is 31.3. The number of nitrogens with zero attached hydrogens (tertiary/aromatic N) is 3. The van der Waals surface area contributed by atoms with Gasteiger partial charge in [-0.15, -0.1) is 0 Å². The molecule has 3 unspecified atom stereocenters. The van der Waals surface area contributed by atoms with Gasteiger partial charge < -0.3 is 41.4 Å². The number of carboxylic acids is 1. The Kier molecular flexibility index (Phi) is 28.3. The third kappa shape index (κ3) is 20.2. The number of imide groups is 1. The molecular weight excluding hydrogens is 941 g/mol. The first-order chi connectivity index (χ1) is 33.7. The zero-order chi connectivity index (χ0) is 54.0. The average Bonchev–Trinajstić information content (AvgIpc) is 3.84. The van der Waals surface area contributed by atoms with Crippen molar-refractivity contribution >= 4 is 59.9 Å². The van der Waals surface area contributed by atoms with Crippen molar-refractivity contribution in [2.75, 3.05) is 26.2 Å². The van der Waals surface area contributed by atoms with E-state index in [4.69, 9.17) is 5.73 Å². The predicted molar refractivity (Wildman–Crippen MR) is 270 cm³/mol. The minimum absolute atomic E-state index is 0.00934. The number of benzene rings is 2. The molecule has 1 aliphatic rings. The van der Waals surface area contributed by atoms with Crippen LogP contribution < -0.4 is 21.7 Å². The van der Waals surface area contributed by atoms with Crippen LogP contribution in [0.15, 0.2) is 60.8 Å². The Hall–Kier alpha value is -6.15. The summed E-state index contributed by atoms with van der Waals surface area (Å²) in [6, 6.07) is 10.2. The lowest BCUT2D eigenvalue weighted by molar-refractivity contribution is -0.141. The molecule has 17 nitrogen and oxygen atoms in total. The van der Waals surface area contributed by atoms with E-state index in [1.54, 1.807) is 12.3 Å². The number of primary amides is 1. The summed E-state index contributed by atoms with van der Waals surface area (Å²) in [4.78, 5) is 103. The van der Waals surface area contributed by atoms with E-state index in [0.29, 0.717) is 30.6 Å². The normalized spacial score (nSPS) is 14.2. The predicted octanol–water partition coefficient (Wildman–Crippen LogP) is 5.91. The van der Waals surface area contributed by atoms with Crippen molar-refractivity contribution in [3.8, 4) is 11.1 Å². The summed E-state index contributed by atoms with van der Waals surface area (Å²) in [7, 11) is 0. The molecule has 1 saturated heterocycles. The molecule has 2 heterocycles. The number of aliphatic hydroxyl groups excluding tert-OH is 1. The highest BCUT2D eigenvalue weighted by molar-refractivity contribution is 7.81. The van der Waals surface area contributed by atoms with Crippen LogP contribution >= 0.6 is 12.6 Å². The Morgan fingerprint density at radius 2 is 1.49 bits per heavy atom. The van der Waals surface area contributed by atoms with E-state index in [-0.39, 0.29) is 62.7 Å². The number of nitrogens with two attached hydrogens (primary N) is 1. The Bertz CT molecular complexity index is 2220. The average molecular weight is 1020 g/mol. The number of likely N-dealkylation sites (tertiary alicyclic amines) is 1. The smallest absolute Gasteiger partial charge is 0.305 e. The first kappa shape index (κ1) is 62.9. The Morgan fingerprint density at radius 1 is 0.859 bits per heavy atom. The van der Waals surface area contributed by atoms with E-state index < -0.39 is 95.4 Å². The zero-order valence-corrected chi connectivity index (χ0v) is 43.5. The molecule has 2 aromatic carbocycles. The van der Waals surface area contributed by atoms with Gasteiger partial charge in [0.1, 0.15) is 30.3 Å². The molecule has 20 heteroatoms. The second-order valence-electron chi connectivity index (χ2n) is 16.9. The lowest BCUT2D eigenvalue weighted by Gasteiger charge is -2.41. The highest BCUT2D eigenvalue weighted by Crippen LogP contribution is 2.41. The Morgan fingerprint density at radius 3 is 2.06 bits per heavy atom. The quantitative estimate of drug-likeness (QED) is 0.0317. The van der Waals surface area contributed by atoms with E-state index in [0.717, 1.165) is 28.7 Å². The number of nitrogens with one attached hydrogen (secondary N) is 3. The van der Waals surface area contributed by atoms with Crippen molar-refractivity contribution in [2.24, 2.45) is 11.1 Å². The number of carbonyl (C=O) groups excluding carboxylic acids is 7. The molecule has 4 atom stereocenters. The summed E-state index contributed by atoms with van der Waals surface area (Å²) in [5.41, 5.74) is 6.47. The van der Waals surface area contributed by atoms with E-state index >= 15 is 4.39 Å². The Balaban J connectivity index is 0.00000404. The van der Waals surface area contributed by atoms with Crippen LogP contribution in [0.2, 0.25) is 0 Å². The molecule has 7 N–H and O–H groups in total. The molecule has 4 rings (SSSR count). The van der Waals surface area contributed by atoms with Crippen molar-refractivity contribution in [2.45, 2.75) is 144 Å². The fourth-order valence-electron chi connectivity index (χ4n) is 7.65. The molecule has 3 aromatic rings. The highest BCUT2D eigenvalue weighted by Gasteiger charge is 2.38. The zero-order valence-electron chi connectivity index (χ0n) is 42.6. The number of aliphatic carboxylic acids is 1. The van der Waals surface area contributed by atoms with Crippen LogP contribution in [0.1, 0.15) is 131 Å². The number of amides is 7. The fourth-order valence-corrected chi connectivity index (χ4v) is 7.95. The summed E-state index contributed by atoms with van der Waals surface area (Å²) in [6.45, 7) is 17.1. The molecule has 1 fully saturated rings. The van der Waals surface area contributed by atoms with Gasteiger partial charge in [-0.25, -0.2) is 8.78 Å². The largest absolute Gasteiger partial charge is 0.481 e. The number of halogens is 2. The minimum atomic E-state index is -1.64. The van der Waals surface area contributed by atoms with Gasteiger partial charge in [-0.2, -0.15) is 12.6 Å². The molecule has 0 aliphatic carbocycles. The van der Waals surface area contributed by atoms with Crippen molar-refractivity contribution in [1.29, 1.82) is 0 Å². The standard InChI is InChI=1S/C45H57F2N7O10S.3C2H6/c1-45(2,3)41(34-19-28(30-20-29(46)14-15-31(30)47)25-52(34)24-27-11-6-4-7-12-27)53(39(59)26-55)18-10-16-49-42(62)32(21-36(48)56)51-43(63)33(22-40(60)61)50-37(57)13-8-5-9-17-54-38(58)23-35(65)44(54)64;3*1-2/h4,6-7,11-12,14-15,19-20,25,32-33,35,41,55,65H,5,8-10,13,16-18,21-24,26H2,1-3H3,(H2,48,56)(H,49,62)(H,50,57)(H,51,63)(H,60,61);3*1-2H3/t32-,33?,35?,41?;;;/m0.../s1. The molecule has 394 valence electrons. The highest BCUT2D eigenvalue weighted by atomic mass is 32.1. The molecule has 0 radical (unpaired) electrons. The number of aliphatic hydroxyl groups is 1. The maximum Gasteiger partial charge on any atom is 0.305 e. The minimum Gasteiger partial charge on any atom is -0.481 e. The second-order valence-corrected chi connectivity index (χ2v) is 17.5. The van der Waals surface area contributed by atoms with Crippen LogP contribution in [-0.4, -0.2) is 115 Å². The number of hydrogen-bond donors (Lipinski definition) is 7. The number of aromatic nitrogens is 1. The van der Waals surface area contributed by atoms with Crippen LogP contribution in [0.5, 0.6) is 0 Å². The van der Waals surface area contributed by atoms with Crippen molar-refractivity contribution in [1.82, 2.24) is 30.3 Å². The lowest BCUT2D eigenvalue weighted by Crippen LogP contribution is -2.55. The summed E-state index contributed by atoms with van der Waals surface area (Å²) in [5.74, 6) is -7.70. The van der Waals surface area contributed by atoms with Gasteiger partial charge in [0, 0.05) is 62.0 Å². The van der Waals surface area contributed by atoms with Crippen molar-refractivity contribution < 1.29 is 57.4 Å². The van der Waals surface area contributed by atoms with Gasteiger partial charge in [0.05, 0.1) is 24.1 Å². The molecule has 71 heavy (non-hydrogen) atoms. The monoisotopic (exact) mass is 1020 g/mol. The van der Waals surface area contributed by atoms with Gasteiger partial charge in [-0.05, 0) is 54.5 Å². The number of rotatable bonds is 24. The van der Waals surface area contributed by atoms with Gasteiger partial charge in [0.2, 0.25) is 41.4 Å². The Labute approximate surface area is 422 Å². The number of carbonyl (C=O) groups is 8. The first-order valence-corrected chi connectivity index (χ1v) is 24.7.